The van der Waals surface area contributed by atoms with E-state index in [0.717, 1.165) is 37.7 Å². The number of nitrogens with one attached hydrogen (secondary N) is 1. The maximum absolute atomic E-state index is 11.7. The maximum Gasteiger partial charge on any atom is 0.227 e. The summed E-state index contributed by atoms with van der Waals surface area (Å²) in [7, 11) is 0. The Morgan fingerprint density at radius 3 is 2.71 bits per heavy atom. The van der Waals surface area contributed by atoms with Crippen LogP contribution in [0.1, 0.15) is 37.7 Å². The molecule has 0 radical (unpaired) electrons. The van der Waals surface area contributed by atoms with Crippen LogP contribution in [0.2, 0.25) is 0 Å². The fraction of sp³-hybridized carbons (Fsp3) is 0.500. The predicted molar refractivity (Wildman–Crippen MR) is 86.2 cm³/mol. The van der Waals surface area contributed by atoms with Crippen molar-refractivity contribution >= 4 is 11.6 Å². The molecule has 1 amide bonds. The predicted octanol–water partition coefficient (Wildman–Crippen LogP) is 3.26. The molecule has 0 saturated carbocycles. The molecule has 1 aromatic carbocycles. The van der Waals surface area contributed by atoms with Gasteiger partial charge in [-0.05, 0) is 55.8 Å². The first-order valence-electron chi connectivity index (χ1n) is 8.08. The molecular weight excluding hydrogens is 260 g/mol. The van der Waals surface area contributed by atoms with Crippen LogP contribution in [0.3, 0.4) is 0 Å². The second-order valence-electron chi connectivity index (χ2n) is 6.10. The summed E-state index contributed by atoms with van der Waals surface area (Å²) in [6.45, 7) is 2.87. The molecule has 1 saturated heterocycles. The number of hydrogen-bond acceptors (Lipinski definition) is 2. The van der Waals surface area contributed by atoms with E-state index < -0.39 is 0 Å². The van der Waals surface area contributed by atoms with Crippen LogP contribution >= 0.6 is 0 Å². The number of amides is 1. The Morgan fingerprint density at radius 2 is 2.05 bits per heavy atom. The molecule has 3 rings (SSSR count). The van der Waals surface area contributed by atoms with Crippen molar-refractivity contribution in [1.82, 2.24) is 5.32 Å². The number of allylic oxidation sites excluding steroid dienone is 2. The molecule has 21 heavy (non-hydrogen) atoms. The first-order valence-corrected chi connectivity index (χ1v) is 8.08. The largest absolute Gasteiger partial charge is 0.312 e. The van der Waals surface area contributed by atoms with Crippen molar-refractivity contribution in [2.45, 2.75) is 38.6 Å². The van der Waals surface area contributed by atoms with Crippen molar-refractivity contribution in [1.29, 1.82) is 0 Å². The number of carbonyl (C=O) groups is 1. The van der Waals surface area contributed by atoms with Crippen molar-refractivity contribution in [2.75, 3.05) is 18.0 Å². The van der Waals surface area contributed by atoms with E-state index in [-0.39, 0.29) is 5.91 Å². The van der Waals surface area contributed by atoms with Gasteiger partial charge in [-0.1, -0.05) is 24.3 Å². The molecule has 1 fully saturated rings. The van der Waals surface area contributed by atoms with E-state index >= 15 is 0 Å². The van der Waals surface area contributed by atoms with Gasteiger partial charge < -0.3 is 10.2 Å². The summed E-state index contributed by atoms with van der Waals surface area (Å²) < 4.78 is 0. The van der Waals surface area contributed by atoms with Gasteiger partial charge in [0.15, 0.2) is 0 Å². The van der Waals surface area contributed by atoms with Gasteiger partial charge in [-0.15, -0.1) is 0 Å². The van der Waals surface area contributed by atoms with Gasteiger partial charge in [-0.2, -0.15) is 0 Å². The zero-order chi connectivity index (χ0) is 14.5. The Labute approximate surface area is 127 Å². The van der Waals surface area contributed by atoms with E-state index in [0.29, 0.717) is 6.42 Å². The number of benzene rings is 1. The molecule has 2 aliphatic rings. The third kappa shape index (κ3) is 3.73. The monoisotopic (exact) mass is 284 g/mol. The first-order chi connectivity index (χ1) is 10.3. The first kappa shape index (κ1) is 14.3. The maximum atomic E-state index is 11.7. The van der Waals surface area contributed by atoms with Gasteiger partial charge >= 0.3 is 0 Å². The molecule has 1 atom stereocenters. The van der Waals surface area contributed by atoms with Gasteiger partial charge in [-0.25, -0.2) is 0 Å². The molecule has 0 spiro atoms. The Bertz CT molecular complexity index is 506. The molecule has 1 aromatic rings. The number of rotatable bonds is 5. The third-order valence-corrected chi connectivity index (χ3v) is 4.46. The lowest BCUT2D eigenvalue weighted by Crippen LogP contribution is -2.24. The molecule has 1 heterocycles. The van der Waals surface area contributed by atoms with E-state index in [1.807, 2.05) is 4.90 Å². The fourth-order valence-corrected chi connectivity index (χ4v) is 3.18. The minimum atomic E-state index is 0.256. The Kier molecular flexibility index (Phi) is 4.71. The topological polar surface area (TPSA) is 32.3 Å². The lowest BCUT2D eigenvalue weighted by atomic mass is 9.94. The third-order valence-electron chi connectivity index (χ3n) is 4.46. The highest BCUT2D eigenvalue weighted by molar-refractivity contribution is 5.95. The second-order valence-corrected chi connectivity index (χ2v) is 6.10. The van der Waals surface area contributed by atoms with Crippen LogP contribution in [0.5, 0.6) is 0 Å². The smallest absolute Gasteiger partial charge is 0.227 e. The summed E-state index contributed by atoms with van der Waals surface area (Å²) in [5.41, 5.74) is 2.33. The lowest BCUT2D eigenvalue weighted by Gasteiger charge is -2.18. The number of hydrogen-bond donors (Lipinski definition) is 1. The van der Waals surface area contributed by atoms with Crippen LogP contribution in [0, 0.1) is 5.92 Å². The molecule has 1 aliphatic heterocycles. The van der Waals surface area contributed by atoms with Crippen molar-refractivity contribution in [3.63, 3.8) is 0 Å². The van der Waals surface area contributed by atoms with E-state index in [1.165, 1.54) is 24.8 Å². The number of anilines is 1. The van der Waals surface area contributed by atoms with Crippen LogP contribution in [-0.4, -0.2) is 19.0 Å². The quantitative estimate of drug-likeness (QED) is 0.842. The van der Waals surface area contributed by atoms with Crippen LogP contribution in [-0.2, 0) is 11.3 Å². The summed E-state index contributed by atoms with van der Waals surface area (Å²) in [6.07, 6.45) is 10.0. The number of nitrogens with zero attached hydrogens (tertiary/aromatic N) is 1. The highest BCUT2D eigenvalue weighted by Gasteiger charge is 2.21. The minimum Gasteiger partial charge on any atom is -0.312 e. The van der Waals surface area contributed by atoms with E-state index in [2.05, 4.69) is 41.7 Å². The van der Waals surface area contributed by atoms with Gasteiger partial charge in [0.25, 0.3) is 0 Å². The summed E-state index contributed by atoms with van der Waals surface area (Å²) in [6, 6.07) is 8.41. The van der Waals surface area contributed by atoms with Gasteiger partial charge in [0, 0.05) is 25.2 Å². The Morgan fingerprint density at radius 1 is 1.19 bits per heavy atom. The van der Waals surface area contributed by atoms with Gasteiger partial charge in [0.05, 0.1) is 0 Å². The second kappa shape index (κ2) is 6.90. The van der Waals surface area contributed by atoms with E-state index in [1.54, 1.807) is 0 Å². The van der Waals surface area contributed by atoms with Gasteiger partial charge in [-0.3, -0.25) is 4.79 Å². The fourth-order valence-electron chi connectivity index (χ4n) is 3.18. The van der Waals surface area contributed by atoms with Crippen LogP contribution < -0.4 is 10.2 Å². The zero-order valence-corrected chi connectivity index (χ0v) is 12.6. The lowest BCUT2D eigenvalue weighted by molar-refractivity contribution is -0.117. The van der Waals surface area contributed by atoms with Crippen molar-refractivity contribution in [3.8, 4) is 0 Å². The van der Waals surface area contributed by atoms with Crippen molar-refractivity contribution < 1.29 is 4.79 Å². The summed E-state index contributed by atoms with van der Waals surface area (Å²) in [5, 5.41) is 3.55. The Hall–Kier alpha value is -1.61. The standard InChI is InChI=1S/C18H24N2O/c21-18-7-4-12-20(18)17-10-8-16(9-11-17)14-19-13-15-5-2-1-3-6-15/h1-2,8-11,15,19H,3-7,12-14H2. The molecule has 0 bridgehead atoms. The molecule has 112 valence electrons. The van der Waals surface area contributed by atoms with E-state index in [9.17, 15) is 4.79 Å². The molecule has 1 unspecified atom stereocenters. The zero-order valence-electron chi connectivity index (χ0n) is 12.6. The average Bonchev–Trinajstić information content (AvgIpc) is 2.95. The highest BCUT2D eigenvalue weighted by atomic mass is 16.2. The normalized spacial score (nSPS) is 22.0. The van der Waals surface area contributed by atoms with Crippen molar-refractivity contribution in [2.24, 2.45) is 5.92 Å². The molecule has 3 nitrogen and oxygen atoms in total. The SMILES string of the molecule is O=C1CCCN1c1ccc(CNCC2CC=CCC2)cc1. The summed E-state index contributed by atoms with van der Waals surface area (Å²) >= 11 is 0. The molecule has 1 aliphatic carbocycles. The van der Waals surface area contributed by atoms with E-state index in [4.69, 9.17) is 0 Å². The molecule has 1 N–H and O–H groups in total. The minimum absolute atomic E-state index is 0.256. The summed E-state index contributed by atoms with van der Waals surface area (Å²) in [5.74, 6) is 1.04. The number of carbonyl (C=O) groups excluding carboxylic acids is 1. The van der Waals surface area contributed by atoms with Crippen LogP contribution in [0.15, 0.2) is 36.4 Å². The van der Waals surface area contributed by atoms with Gasteiger partial charge in [0.2, 0.25) is 5.91 Å². The van der Waals surface area contributed by atoms with Gasteiger partial charge in [0.1, 0.15) is 0 Å². The Balaban J connectivity index is 1.48. The van der Waals surface area contributed by atoms with Crippen molar-refractivity contribution in [3.05, 3.63) is 42.0 Å². The highest BCUT2D eigenvalue weighted by Crippen LogP contribution is 2.21. The molecule has 0 aromatic heterocycles. The average molecular weight is 284 g/mol. The molecular formula is C18H24N2O. The van der Waals surface area contributed by atoms with Crippen LogP contribution in [0.4, 0.5) is 5.69 Å². The van der Waals surface area contributed by atoms with Crippen LogP contribution in [0.25, 0.3) is 0 Å². The molecule has 3 heteroatoms. The summed E-state index contributed by atoms with van der Waals surface area (Å²) in [4.78, 5) is 13.6.